The van der Waals surface area contributed by atoms with Crippen LogP contribution in [0, 0.1) is 5.41 Å². The van der Waals surface area contributed by atoms with Gasteiger partial charge in [-0.2, -0.15) is 0 Å². The fraction of sp³-hybridized carbons (Fsp3) is 0.533. The molecule has 4 heteroatoms. The fourth-order valence-corrected chi connectivity index (χ4v) is 1.55. The number of carbonyl (C=O) groups is 1. The van der Waals surface area contributed by atoms with Crippen molar-refractivity contribution >= 4 is 17.3 Å². The monoisotopic (exact) mass is 263 g/mol. The number of nitrogen functional groups attached to an aromatic ring is 1. The van der Waals surface area contributed by atoms with Gasteiger partial charge in [-0.15, -0.1) is 0 Å². The fourth-order valence-electron chi connectivity index (χ4n) is 1.55. The molecule has 1 amide bonds. The first-order valence-electron chi connectivity index (χ1n) is 6.70. The van der Waals surface area contributed by atoms with E-state index in [1.54, 1.807) is 12.1 Å². The summed E-state index contributed by atoms with van der Waals surface area (Å²) in [6.45, 7) is 11.1. The second kappa shape index (κ2) is 5.95. The third kappa shape index (κ3) is 4.16. The van der Waals surface area contributed by atoms with Crippen LogP contribution in [0.25, 0.3) is 0 Å². The number of rotatable bonds is 4. The van der Waals surface area contributed by atoms with Crippen LogP contribution in [0.3, 0.4) is 0 Å². The van der Waals surface area contributed by atoms with Crippen LogP contribution < -0.4 is 16.4 Å². The summed E-state index contributed by atoms with van der Waals surface area (Å²) in [6, 6.07) is 5.65. The molecule has 1 rings (SSSR count). The Morgan fingerprint density at radius 1 is 1.37 bits per heavy atom. The molecule has 0 aliphatic rings. The third-order valence-electron chi connectivity index (χ3n) is 3.32. The zero-order valence-corrected chi connectivity index (χ0v) is 12.5. The zero-order chi connectivity index (χ0) is 14.6. The van der Waals surface area contributed by atoms with Crippen molar-refractivity contribution in [2.75, 3.05) is 17.6 Å². The Morgan fingerprint density at radius 2 is 2.00 bits per heavy atom. The first kappa shape index (κ1) is 15.3. The van der Waals surface area contributed by atoms with Crippen molar-refractivity contribution in [2.45, 2.75) is 40.7 Å². The number of carbonyl (C=O) groups excluding carboxylic acids is 1. The van der Waals surface area contributed by atoms with E-state index in [4.69, 9.17) is 5.73 Å². The summed E-state index contributed by atoms with van der Waals surface area (Å²) in [5.74, 6) is -0.0929. The minimum atomic E-state index is -0.0929. The minimum Gasteiger partial charge on any atom is -0.397 e. The summed E-state index contributed by atoms with van der Waals surface area (Å²) < 4.78 is 0. The standard InChI is InChI=1S/C15H25N3O/c1-6-17-14(19)11-7-8-13(12(16)9-11)18-10(2)15(3,4)5/h7-10,18H,6,16H2,1-5H3,(H,17,19). The number of amides is 1. The minimum absolute atomic E-state index is 0.0929. The molecule has 0 bridgehead atoms. The Morgan fingerprint density at radius 3 is 2.47 bits per heavy atom. The number of anilines is 2. The molecule has 1 aromatic rings. The van der Waals surface area contributed by atoms with Gasteiger partial charge in [-0.1, -0.05) is 20.8 Å². The molecule has 0 spiro atoms. The van der Waals surface area contributed by atoms with Crippen molar-refractivity contribution < 1.29 is 4.79 Å². The summed E-state index contributed by atoms with van der Waals surface area (Å²) in [5.41, 5.74) is 8.21. The van der Waals surface area contributed by atoms with E-state index in [2.05, 4.69) is 38.3 Å². The van der Waals surface area contributed by atoms with E-state index in [1.807, 2.05) is 13.0 Å². The molecule has 0 saturated heterocycles. The van der Waals surface area contributed by atoms with Gasteiger partial charge in [0.15, 0.2) is 0 Å². The van der Waals surface area contributed by atoms with Crippen LogP contribution in [0.5, 0.6) is 0 Å². The first-order chi connectivity index (χ1) is 8.75. The predicted molar refractivity (Wildman–Crippen MR) is 81.4 cm³/mol. The lowest BCUT2D eigenvalue weighted by molar-refractivity contribution is 0.0956. The summed E-state index contributed by atoms with van der Waals surface area (Å²) >= 11 is 0. The van der Waals surface area contributed by atoms with Gasteiger partial charge in [-0.05, 0) is 37.5 Å². The molecule has 1 aromatic carbocycles. The molecule has 4 nitrogen and oxygen atoms in total. The van der Waals surface area contributed by atoms with Crippen molar-refractivity contribution in [3.63, 3.8) is 0 Å². The maximum atomic E-state index is 11.7. The van der Waals surface area contributed by atoms with Gasteiger partial charge in [0.2, 0.25) is 0 Å². The van der Waals surface area contributed by atoms with Crippen LogP contribution in [-0.4, -0.2) is 18.5 Å². The number of hydrogen-bond acceptors (Lipinski definition) is 3. The molecular weight excluding hydrogens is 238 g/mol. The average Bonchev–Trinajstić information content (AvgIpc) is 2.30. The number of nitrogens with one attached hydrogen (secondary N) is 2. The Kier molecular flexibility index (Phi) is 4.81. The Bertz CT molecular complexity index is 449. The van der Waals surface area contributed by atoms with E-state index in [-0.39, 0.29) is 17.4 Å². The Labute approximate surface area is 115 Å². The van der Waals surface area contributed by atoms with Crippen LogP contribution >= 0.6 is 0 Å². The van der Waals surface area contributed by atoms with E-state index in [9.17, 15) is 4.79 Å². The van der Waals surface area contributed by atoms with Crippen molar-refractivity contribution in [1.29, 1.82) is 0 Å². The van der Waals surface area contributed by atoms with E-state index in [1.165, 1.54) is 0 Å². The largest absolute Gasteiger partial charge is 0.397 e. The molecule has 0 heterocycles. The SMILES string of the molecule is CCNC(=O)c1ccc(NC(C)C(C)(C)C)c(N)c1. The summed E-state index contributed by atoms with van der Waals surface area (Å²) in [7, 11) is 0. The third-order valence-corrected chi connectivity index (χ3v) is 3.32. The quantitative estimate of drug-likeness (QED) is 0.732. The van der Waals surface area contributed by atoms with Gasteiger partial charge >= 0.3 is 0 Å². The average molecular weight is 263 g/mol. The number of benzene rings is 1. The van der Waals surface area contributed by atoms with Gasteiger partial charge in [-0.3, -0.25) is 4.79 Å². The van der Waals surface area contributed by atoms with Crippen LogP contribution in [-0.2, 0) is 0 Å². The molecule has 106 valence electrons. The van der Waals surface area contributed by atoms with Gasteiger partial charge < -0.3 is 16.4 Å². The summed E-state index contributed by atoms with van der Waals surface area (Å²) in [6.07, 6.45) is 0. The van der Waals surface area contributed by atoms with Gasteiger partial charge in [0, 0.05) is 18.2 Å². The molecular formula is C15H25N3O. The normalized spacial score (nSPS) is 12.9. The lowest BCUT2D eigenvalue weighted by Gasteiger charge is -2.29. The lowest BCUT2D eigenvalue weighted by Crippen LogP contribution is -2.31. The van der Waals surface area contributed by atoms with Crippen LogP contribution in [0.2, 0.25) is 0 Å². The Balaban J connectivity index is 2.86. The summed E-state index contributed by atoms with van der Waals surface area (Å²) in [5, 5.41) is 6.15. The maximum Gasteiger partial charge on any atom is 0.251 e. The van der Waals surface area contributed by atoms with Crippen LogP contribution in [0.1, 0.15) is 45.0 Å². The van der Waals surface area contributed by atoms with Gasteiger partial charge in [0.25, 0.3) is 5.91 Å². The van der Waals surface area contributed by atoms with Gasteiger partial charge in [0.05, 0.1) is 11.4 Å². The van der Waals surface area contributed by atoms with Gasteiger partial charge in [0.1, 0.15) is 0 Å². The van der Waals surface area contributed by atoms with Crippen molar-refractivity contribution in [2.24, 2.45) is 5.41 Å². The van der Waals surface area contributed by atoms with E-state index in [0.717, 1.165) is 5.69 Å². The van der Waals surface area contributed by atoms with E-state index in [0.29, 0.717) is 17.8 Å². The highest BCUT2D eigenvalue weighted by Crippen LogP contribution is 2.26. The van der Waals surface area contributed by atoms with Crippen LogP contribution in [0.4, 0.5) is 11.4 Å². The molecule has 1 atom stereocenters. The molecule has 0 radical (unpaired) electrons. The topological polar surface area (TPSA) is 67.2 Å². The molecule has 4 N–H and O–H groups in total. The lowest BCUT2D eigenvalue weighted by atomic mass is 9.88. The highest BCUT2D eigenvalue weighted by atomic mass is 16.1. The highest BCUT2D eigenvalue weighted by Gasteiger charge is 2.20. The predicted octanol–water partition coefficient (Wildman–Crippen LogP) is 2.87. The smallest absolute Gasteiger partial charge is 0.251 e. The maximum absolute atomic E-state index is 11.7. The van der Waals surface area contributed by atoms with Gasteiger partial charge in [-0.25, -0.2) is 0 Å². The van der Waals surface area contributed by atoms with Crippen LogP contribution in [0.15, 0.2) is 18.2 Å². The molecule has 0 aliphatic heterocycles. The molecule has 0 saturated carbocycles. The first-order valence-corrected chi connectivity index (χ1v) is 6.70. The Hall–Kier alpha value is -1.71. The van der Waals surface area contributed by atoms with Crippen molar-refractivity contribution in [3.05, 3.63) is 23.8 Å². The second-order valence-electron chi connectivity index (χ2n) is 5.89. The van der Waals surface area contributed by atoms with E-state index >= 15 is 0 Å². The zero-order valence-electron chi connectivity index (χ0n) is 12.5. The number of nitrogens with two attached hydrogens (primary N) is 1. The molecule has 0 aliphatic carbocycles. The highest BCUT2D eigenvalue weighted by molar-refractivity contribution is 5.96. The second-order valence-corrected chi connectivity index (χ2v) is 5.89. The molecule has 19 heavy (non-hydrogen) atoms. The molecule has 0 aromatic heterocycles. The van der Waals surface area contributed by atoms with E-state index < -0.39 is 0 Å². The van der Waals surface area contributed by atoms with Crippen molar-refractivity contribution in [1.82, 2.24) is 5.32 Å². The molecule has 0 fully saturated rings. The molecule has 1 unspecified atom stereocenters. The number of hydrogen-bond donors (Lipinski definition) is 3. The summed E-state index contributed by atoms with van der Waals surface area (Å²) in [4.78, 5) is 11.7. The van der Waals surface area contributed by atoms with Crippen molar-refractivity contribution in [3.8, 4) is 0 Å².